The third kappa shape index (κ3) is 3.04. The van der Waals surface area contributed by atoms with Gasteiger partial charge in [-0.1, -0.05) is 11.3 Å². The molecule has 2 aromatic rings. The van der Waals surface area contributed by atoms with Crippen LogP contribution in [-0.2, 0) is 4.74 Å². The predicted molar refractivity (Wildman–Crippen MR) is 67.7 cm³/mol. The maximum Gasteiger partial charge on any atom is 0.337 e. The fourth-order valence-corrected chi connectivity index (χ4v) is 2.27. The first-order valence-electron chi connectivity index (χ1n) is 4.66. The van der Waals surface area contributed by atoms with Crippen molar-refractivity contribution < 1.29 is 14.3 Å². The van der Waals surface area contributed by atoms with E-state index in [0.717, 1.165) is 4.60 Å². The fraction of sp³-hybridized carbons (Fsp3) is 0.0909. The Kier molecular flexibility index (Phi) is 3.75. The van der Waals surface area contributed by atoms with E-state index in [1.54, 1.807) is 24.3 Å². The lowest BCUT2D eigenvalue weighted by molar-refractivity contribution is 0.0600. The summed E-state index contributed by atoms with van der Waals surface area (Å²) >= 11 is 4.63. The highest BCUT2D eigenvalue weighted by Crippen LogP contribution is 2.27. The summed E-state index contributed by atoms with van der Waals surface area (Å²) in [6.45, 7) is 0. The Balaban J connectivity index is 2.10. The quantitative estimate of drug-likeness (QED) is 0.814. The summed E-state index contributed by atoms with van der Waals surface area (Å²) in [6.07, 6.45) is 0. The van der Waals surface area contributed by atoms with Crippen molar-refractivity contribution in [3.05, 3.63) is 39.8 Å². The normalized spacial score (nSPS) is 10.0. The number of hydrogen-bond donors (Lipinski definition) is 0. The Morgan fingerprint density at radius 3 is 2.59 bits per heavy atom. The number of rotatable bonds is 3. The predicted octanol–water partition coefficient (Wildman–Crippen LogP) is 3.48. The number of aromatic nitrogens is 1. The average molecular weight is 314 g/mol. The van der Waals surface area contributed by atoms with Crippen LogP contribution in [0.15, 0.2) is 34.2 Å². The second-order valence-corrected chi connectivity index (χ2v) is 4.69. The van der Waals surface area contributed by atoms with Crippen LogP contribution in [0, 0.1) is 0 Å². The van der Waals surface area contributed by atoms with E-state index in [2.05, 4.69) is 25.7 Å². The summed E-state index contributed by atoms with van der Waals surface area (Å²) in [4.78, 5) is 15.3. The van der Waals surface area contributed by atoms with Crippen molar-refractivity contribution in [3.63, 3.8) is 0 Å². The van der Waals surface area contributed by atoms with Crippen LogP contribution in [0.25, 0.3) is 0 Å². The molecule has 0 saturated carbocycles. The molecule has 0 N–H and O–H groups in total. The highest BCUT2D eigenvalue weighted by molar-refractivity contribution is 9.10. The van der Waals surface area contributed by atoms with Crippen molar-refractivity contribution in [1.82, 2.24) is 4.98 Å². The molecule has 0 amide bonds. The molecule has 0 radical (unpaired) electrons. The summed E-state index contributed by atoms with van der Waals surface area (Å²) in [5, 5.41) is 2.38. The van der Waals surface area contributed by atoms with E-state index in [1.165, 1.54) is 18.4 Å². The zero-order valence-corrected chi connectivity index (χ0v) is 11.2. The number of halogens is 1. The molecule has 0 spiro atoms. The number of benzene rings is 1. The number of hydrogen-bond acceptors (Lipinski definition) is 5. The van der Waals surface area contributed by atoms with E-state index in [4.69, 9.17) is 4.74 Å². The van der Waals surface area contributed by atoms with Gasteiger partial charge in [0.2, 0.25) is 0 Å². The Morgan fingerprint density at radius 1 is 1.35 bits per heavy atom. The minimum atomic E-state index is -0.367. The summed E-state index contributed by atoms with van der Waals surface area (Å²) < 4.78 is 10.8. The van der Waals surface area contributed by atoms with Crippen LogP contribution in [0.2, 0.25) is 0 Å². The van der Waals surface area contributed by atoms with Gasteiger partial charge in [-0.05, 0) is 40.2 Å². The first-order valence-corrected chi connectivity index (χ1v) is 6.33. The van der Waals surface area contributed by atoms with E-state index >= 15 is 0 Å². The molecule has 1 aromatic heterocycles. The maximum atomic E-state index is 11.2. The Morgan fingerprint density at radius 2 is 2.06 bits per heavy atom. The second kappa shape index (κ2) is 5.29. The molecular weight excluding hydrogens is 306 g/mol. The third-order valence-electron chi connectivity index (χ3n) is 1.94. The Labute approximate surface area is 110 Å². The van der Waals surface area contributed by atoms with Crippen molar-refractivity contribution in [1.29, 1.82) is 0 Å². The number of ether oxygens (including phenoxy) is 2. The molecule has 0 aliphatic rings. The van der Waals surface area contributed by atoms with E-state index in [9.17, 15) is 4.79 Å². The highest BCUT2D eigenvalue weighted by Gasteiger charge is 2.06. The molecule has 0 unspecified atom stereocenters. The van der Waals surface area contributed by atoms with Crippen molar-refractivity contribution in [3.8, 4) is 10.9 Å². The Hall–Kier alpha value is -1.40. The number of carbonyl (C=O) groups excluding carboxylic acids is 1. The molecule has 1 heterocycles. The number of nitrogens with zero attached hydrogens (tertiary/aromatic N) is 1. The largest absolute Gasteiger partial charge is 0.465 e. The molecule has 0 aliphatic heterocycles. The Bertz CT molecular complexity index is 524. The minimum Gasteiger partial charge on any atom is -0.465 e. The molecule has 0 fully saturated rings. The summed E-state index contributed by atoms with van der Waals surface area (Å²) in [5.74, 6) is 0.257. The molecule has 2 rings (SSSR count). The number of esters is 1. The molecular formula is C11H8BrNO3S. The molecule has 17 heavy (non-hydrogen) atoms. The first kappa shape index (κ1) is 12.1. The van der Waals surface area contributed by atoms with Crippen molar-refractivity contribution in [2.45, 2.75) is 0 Å². The van der Waals surface area contributed by atoms with Crippen LogP contribution in [0.5, 0.6) is 10.9 Å². The van der Waals surface area contributed by atoms with Crippen LogP contribution in [0.3, 0.4) is 0 Å². The fourth-order valence-electron chi connectivity index (χ4n) is 1.16. The van der Waals surface area contributed by atoms with Gasteiger partial charge in [-0.2, -0.15) is 4.98 Å². The topological polar surface area (TPSA) is 48.4 Å². The van der Waals surface area contributed by atoms with E-state index < -0.39 is 0 Å². The molecule has 4 nitrogen and oxygen atoms in total. The maximum absolute atomic E-state index is 11.2. The molecule has 0 bridgehead atoms. The summed E-state index contributed by atoms with van der Waals surface area (Å²) in [7, 11) is 1.35. The van der Waals surface area contributed by atoms with Crippen molar-refractivity contribution in [2.75, 3.05) is 7.11 Å². The van der Waals surface area contributed by atoms with Gasteiger partial charge in [0, 0.05) is 5.38 Å². The molecule has 88 valence electrons. The van der Waals surface area contributed by atoms with Gasteiger partial charge in [-0.25, -0.2) is 4.79 Å². The van der Waals surface area contributed by atoms with Crippen LogP contribution >= 0.6 is 27.3 Å². The molecule has 1 aromatic carbocycles. The van der Waals surface area contributed by atoms with Crippen molar-refractivity contribution in [2.24, 2.45) is 0 Å². The summed E-state index contributed by atoms with van der Waals surface area (Å²) in [6, 6.07) is 6.68. The van der Waals surface area contributed by atoms with Crippen LogP contribution in [0.1, 0.15) is 10.4 Å². The lowest BCUT2D eigenvalue weighted by Crippen LogP contribution is -2.00. The number of carbonyl (C=O) groups is 1. The first-order chi connectivity index (χ1) is 8.19. The minimum absolute atomic E-state index is 0.367. The highest BCUT2D eigenvalue weighted by atomic mass is 79.9. The summed E-state index contributed by atoms with van der Waals surface area (Å²) in [5.41, 5.74) is 0.486. The van der Waals surface area contributed by atoms with Gasteiger partial charge in [0.05, 0.1) is 12.7 Å². The van der Waals surface area contributed by atoms with Gasteiger partial charge in [0.25, 0.3) is 5.19 Å². The van der Waals surface area contributed by atoms with Gasteiger partial charge < -0.3 is 9.47 Å². The van der Waals surface area contributed by atoms with Crippen LogP contribution < -0.4 is 4.74 Å². The average Bonchev–Trinajstić information content (AvgIpc) is 2.75. The lowest BCUT2D eigenvalue weighted by Gasteiger charge is -2.02. The van der Waals surface area contributed by atoms with Gasteiger partial charge in [-0.15, -0.1) is 0 Å². The molecule has 6 heteroatoms. The molecule has 0 aliphatic carbocycles. The monoisotopic (exact) mass is 313 g/mol. The van der Waals surface area contributed by atoms with E-state index in [-0.39, 0.29) is 5.97 Å². The standard InChI is InChI=1S/C11H8BrNO3S/c1-15-10(14)7-2-4-8(5-3-7)16-11-13-9(12)6-17-11/h2-6H,1H3. The van der Waals surface area contributed by atoms with Gasteiger partial charge in [-0.3, -0.25) is 0 Å². The number of thiazole rings is 1. The van der Waals surface area contributed by atoms with Gasteiger partial charge in [0.1, 0.15) is 10.4 Å². The lowest BCUT2D eigenvalue weighted by atomic mass is 10.2. The van der Waals surface area contributed by atoms with Gasteiger partial charge in [0.15, 0.2) is 0 Å². The smallest absolute Gasteiger partial charge is 0.337 e. The van der Waals surface area contributed by atoms with E-state index in [1.807, 2.05) is 5.38 Å². The zero-order valence-electron chi connectivity index (χ0n) is 8.84. The molecule has 0 atom stereocenters. The van der Waals surface area contributed by atoms with Crippen LogP contribution in [0.4, 0.5) is 0 Å². The van der Waals surface area contributed by atoms with Crippen molar-refractivity contribution >= 4 is 33.2 Å². The molecule has 0 saturated heterocycles. The zero-order chi connectivity index (χ0) is 12.3. The SMILES string of the molecule is COC(=O)c1ccc(Oc2nc(Br)cs2)cc1. The third-order valence-corrected chi connectivity index (χ3v) is 3.36. The number of methoxy groups -OCH3 is 1. The van der Waals surface area contributed by atoms with Gasteiger partial charge >= 0.3 is 5.97 Å². The second-order valence-electron chi connectivity index (χ2n) is 3.05. The van der Waals surface area contributed by atoms with E-state index in [0.29, 0.717) is 16.5 Å². The van der Waals surface area contributed by atoms with Crippen LogP contribution in [-0.4, -0.2) is 18.1 Å².